The van der Waals surface area contributed by atoms with Crippen LogP contribution in [0.1, 0.15) is 64.9 Å². The van der Waals surface area contributed by atoms with E-state index in [0.29, 0.717) is 36.5 Å². The second-order valence-corrected chi connectivity index (χ2v) is 11.9. The number of aliphatic hydroxyl groups is 1. The summed E-state index contributed by atoms with van der Waals surface area (Å²) in [6, 6.07) is 6.77. The summed E-state index contributed by atoms with van der Waals surface area (Å²) >= 11 is 0. The number of rotatable bonds is 3. The summed E-state index contributed by atoms with van der Waals surface area (Å²) in [5.74, 6) is 0.915. The van der Waals surface area contributed by atoms with Crippen molar-refractivity contribution in [2.45, 2.75) is 76.7 Å². The molecule has 28 heavy (non-hydrogen) atoms. The first-order chi connectivity index (χ1) is 13.0. The Kier molecular flexibility index (Phi) is 4.47. The normalized spacial score (nSPS) is 38.2. The minimum Gasteiger partial charge on any atom is -0.390 e. The van der Waals surface area contributed by atoms with Gasteiger partial charge in [0.15, 0.2) is 0 Å². The first-order valence-corrected chi connectivity index (χ1v) is 11.8. The van der Waals surface area contributed by atoms with E-state index in [-0.39, 0.29) is 10.3 Å². The van der Waals surface area contributed by atoms with Crippen LogP contribution >= 0.6 is 0 Å². The lowest BCUT2D eigenvalue weighted by atomic mass is 9.49. The van der Waals surface area contributed by atoms with Crippen LogP contribution in [-0.4, -0.2) is 24.8 Å². The quantitative estimate of drug-likeness (QED) is 0.747. The largest absolute Gasteiger partial charge is 0.390 e. The van der Waals surface area contributed by atoms with Gasteiger partial charge in [-0.15, -0.1) is 0 Å². The summed E-state index contributed by atoms with van der Waals surface area (Å²) in [6.07, 6.45) is 5.10. The Morgan fingerprint density at radius 2 is 1.79 bits per heavy atom. The second kappa shape index (κ2) is 6.30. The van der Waals surface area contributed by atoms with Gasteiger partial charge in [-0.05, 0) is 74.8 Å². The van der Waals surface area contributed by atoms with Crippen molar-refractivity contribution in [2.75, 3.05) is 0 Å². The molecule has 1 aromatic carbocycles. The molecule has 3 aliphatic carbocycles. The SMILES string of the molecule is Cc1ccc(S(=O)(=O)N/N=C2/CCC3(O)CC2(C)CCC2C3CC2(C)C)cc1. The summed E-state index contributed by atoms with van der Waals surface area (Å²) in [6.45, 7) is 8.68. The Labute approximate surface area is 168 Å². The molecule has 5 nitrogen and oxygen atoms in total. The van der Waals surface area contributed by atoms with Crippen LogP contribution < -0.4 is 4.83 Å². The predicted octanol–water partition coefficient (Wildman–Crippen LogP) is 4.01. The number of nitrogens with zero attached hydrogens (tertiary/aromatic N) is 1. The van der Waals surface area contributed by atoms with E-state index in [0.717, 1.165) is 30.5 Å². The number of benzene rings is 1. The molecule has 0 amide bonds. The number of hydrazone groups is 1. The molecule has 0 radical (unpaired) electrons. The molecule has 4 atom stereocenters. The van der Waals surface area contributed by atoms with Gasteiger partial charge in [-0.25, -0.2) is 4.83 Å². The number of fused-ring (bicyclic) bond motifs is 4. The van der Waals surface area contributed by atoms with Gasteiger partial charge in [-0.3, -0.25) is 0 Å². The summed E-state index contributed by atoms with van der Waals surface area (Å²) in [5.41, 5.74) is 1.29. The van der Waals surface area contributed by atoms with Gasteiger partial charge in [0, 0.05) is 11.1 Å². The van der Waals surface area contributed by atoms with Crippen LogP contribution in [0.4, 0.5) is 0 Å². The molecule has 2 N–H and O–H groups in total. The molecule has 4 unspecified atom stereocenters. The van der Waals surface area contributed by atoms with Crippen LogP contribution in [0.2, 0.25) is 0 Å². The van der Waals surface area contributed by atoms with Gasteiger partial charge < -0.3 is 5.11 Å². The molecule has 154 valence electrons. The number of hydrogen-bond acceptors (Lipinski definition) is 4. The van der Waals surface area contributed by atoms with Crippen molar-refractivity contribution in [1.29, 1.82) is 0 Å². The lowest BCUT2D eigenvalue weighted by molar-refractivity contribution is -0.152. The third-order valence-corrected chi connectivity index (χ3v) is 8.98. The van der Waals surface area contributed by atoms with Gasteiger partial charge in [0.1, 0.15) is 0 Å². The average Bonchev–Trinajstić information content (AvgIpc) is 2.66. The summed E-state index contributed by atoms with van der Waals surface area (Å²) in [4.78, 5) is 2.68. The summed E-state index contributed by atoms with van der Waals surface area (Å²) in [7, 11) is -3.68. The van der Waals surface area contributed by atoms with Crippen LogP contribution in [-0.2, 0) is 10.0 Å². The van der Waals surface area contributed by atoms with Crippen LogP contribution in [0.15, 0.2) is 34.3 Å². The molecule has 0 saturated heterocycles. The number of hydrogen-bond donors (Lipinski definition) is 2. The summed E-state index contributed by atoms with van der Waals surface area (Å²) < 4.78 is 25.3. The van der Waals surface area contributed by atoms with Crippen LogP contribution in [0.25, 0.3) is 0 Å². The smallest absolute Gasteiger partial charge is 0.276 e. The van der Waals surface area contributed by atoms with Crippen LogP contribution in [0.3, 0.4) is 0 Å². The topological polar surface area (TPSA) is 78.8 Å². The zero-order valence-corrected chi connectivity index (χ0v) is 18.1. The molecule has 0 aliphatic heterocycles. The Morgan fingerprint density at radius 1 is 1.11 bits per heavy atom. The van der Waals surface area contributed by atoms with Gasteiger partial charge in [-0.1, -0.05) is 38.5 Å². The summed E-state index contributed by atoms with van der Waals surface area (Å²) in [5, 5.41) is 15.8. The highest BCUT2D eigenvalue weighted by molar-refractivity contribution is 7.89. The van der Waals surface area contributed by atoms with E-state index < -0.39 is 15.6 Å². The molecule has 3 aliphatic rings. The fourth-order valence-electron chi connectivity index (χ4n) is 6.00. The van der Waals surface area contributed by atoms with E-state index in [4.69, 9.17) is 0 Å². The predicted molar refractivity (Wildman–Crippen MR) is 110 cm³/mol. The fourth-order valence-corrected chi connectivity index (χ4v) is 6.83. The zero-order chi connectivity index (χ0) is 20.4. The molecule has 0 spiro atoms. The average molecular weight is 405 g/mol. The van der Waals surface area contributed by atoms with Crippen molar-refractivity contribution in [3.63, 3.8) is 0 Å². The van der Waals surface area contributed by atoms with E-state index in [1.807, 2.05) is 6.92 Å². The van der Waals surface area contributed by atoms with Gasteiger partial charge in [0.05, 0.1) is 10.5 Å². The van der Waals surface area contributed by atoms with Crippen molar-refractivity contribution in [3.8, 4) is 0 Å². The Morgan fingerprint density at radius 3 is 2.43 bits per heavy atom. The van der Waals surface area contributed by atoms with Gasteiger partial charge >= 0.3 is 0 Å². The molecule has 3 saturated carbocycles. The lowest BCUT2D eigenvalue weighted by Gasteiger charge is -2.58. The van der Waals surface area contributed by atoms with Gasteiger partial charge in [0.2, 0.25) is 0 Å². The van der Waals surface area contributed by atoms with Gasteiger partial charge in [-0.2, -0.15) is 13.5 Å². The fraction of sp³-hybridized carbons (Fsp3) is 0.682. The third-order valence-electron chi connectivity index (χ3n) is 7.75. The maximum Gasteiger partial charge on any atom is 0.276 e. The molecule has 3 fully saturated rings. The van der Waals surface area contributed by atoms with Crippen LogP contribution in [0.5, 0.6) is 0 Å². The highest BCUT2D eigenvalue weighted by Crippen LogP contribution is 2.64. The number of sulfonamides is 1. The van der Waals surface area contributed by atoms with Crippen LogP contribution in [0, 0.1) is 29.6 Å². The minimum atomic E-state index is -3.68. The maximum atomic E-state index is 12.6. The molecule has 1 aromatic rings. The zero-order valence-electron chi connectivity index (χ0n) is 17.3. The Bertz CT molecular complexity index is 906. The number of aryl methyl sites for hydroxylation is 1. The van der Waals surface area contributed by atoms with Crippen molar-refractivity contribution in [2.24, 2.45) is 27.8 Å². The first-order valence-electron chi connectivity index (χ1n) is 10.3. The Balaban J connectivity index is 1.57. The second-order valence-electron chi connectivity index (χ2n) is 10.3. The van der Waals surface area contributed by atoms with Crippen molar-refractivity contribution < 1.29 is 13.5 Å². The Hall–Kier alpha value is -1.40. The molecule has 0 heterocycles. The third kappa shape index (κ3) is 3.18. The van der Waals surface area contributed by atoms with E-state index in [2.05, 4.69) is 30.7 Å². The van der Waals surface area contributed by atoms with Crippen molar-refractivity contribution >= 4 is 15.7 Å². The number of nitrogens with one attached hydrogen (secondary N) is 1. The van der Waals surface area contributed by atoms with E-state index in [1.54, 1.807) is 24.3 Å². The molecular formula is C22H32N2O3S. The van der Waals surface area contributed by atoms with E-state index >= 15 is 0 Å². The molecule has 6 heteroatoms. The van der Waals surface area contributed by atoms with E-state index in [9.17, 15) is 13.5 Å². The first kappa shape index (κ1) is 19.9. The standard InChI is InChI=1S/C22H32N2O3S/c1-15-5-7-16(8-6-15)28(26,27)24-23-19-10-12-22(25)14-21(19,4)11-9-17-18(22)13-20(17,2)3/h5-8,17-18,24-25H,9-14H2,1-4H3/b23-19-. The molecule has 2 bridgehead atoms. The maximum absolute atomic E-state index is 12.6. The molecule has 4 rings (SSSR count). The van der Waals surface area contributed by atoms with E-state index in [1.165, 1.54) is 0 Å². The lowest BCUT2D eigenvalue weighted by Crippen LogP contribution is -2.57. The monoisotopic (exact) mass is 404 g/mol. The molecule has 0 aromatic heterocycles. The highest BCUT2D eigenvalue weighted by Gasteiger charge is 2.61. The molecular weight excluding hydrogens is 372 g/mol. The minimum absolute atomic E-state index is 0.223. The highest BCUT2D eigenvalue weighted by atomic mass is 32.2. The van der Waals surface area contributed by atoms with Gasteiger partial charge in [0.25, 0.3) is 10.0 Å². The van der Waals surface area contributed by atoms with Crippen molar-refractivity contribution in [3.05, 3.63) is 29.8 Å². The van der Waals surface area contributed by atoms with Crippen molar-refractivity contribution in [1.82, 2.24) is 4.83 Å².